The van der Waals surface area contributed by atoms with Crippen LogP contribution >= 0.6 is 12.4 Å². The van der Waals surface area contributed by atoms with Gasteiger partial charge in [0.2, 0.25) is 0 Å². The molecule has 0 amide bonds. The fraction of sp³-hybridized carbons (Fsp3) is 0.167. The molecule has 0 saturated heterocycles. The van der Waals surface area contributed by atoms with E-state index in [9.17, 15) is 4.79 Å². The Balaban J connectivity index is 0.00000144. The minimum absolute atomic E-state index is 0. The molecule has 3 N–H and O–H groups in total. The van der Waals surface area contributed by atoms with Gasteiger partial charge in [-0.25, -0.2) is 0 Å². The van der Waals surface area contributed by atoms with E-state index in [1.807, 2.05) is 30.3 Å². The second-order valence-corrected chi connectivity index (χ2v) is 3.68. The van der Waals surface area contributed by atoms with Gasteiger partial charge in [-0.3, -0.25) is 9.78 Å². The first-order valence-electron chi connectivity index (χ1n) is 4.99. The number of benzene rings is 1. The molecule has 5 heteroatoms. The number of fused-ring (bicyclic) bond motifs is 1. The van der Waals surface area contributed by atoms with Crippen molar-refractivity contribution < 1.29 is 9.90 Å². The molecule has 0 saturated carbocycles. The fourth-order valence-electron chi connectivity index (χ4n) is 1.59. The van der Waals surface area contributed by atoms with Crippen molar-refractivity contribution in [2.24, 2.45) is 5.73 Å². The Labute approximate surface area is 105 Å². The molecule has 0 radical (unpaired) electrons. The van der Waals surface area contributed by atoms with Gasteiger partial charge in [0, 0.05) is 11.6 Å². The normalized spacial score (nSPS) is 11.8. The van der Waals surface area contributed by atoms with Crippen LogP contribution in [0, 0.1) is 0 Å². The number of nitrogens with two attached hydrogens (primary N) is 1. The van der Waals surface area contributed by atoms with E-state index in [0.717, 1.165) is 16.5 Å². The van der Waals surface area contributed by atoms with Crippen molar-refractivity contribution in [3.05, 3.63) is 42.1 Å². The zero-order valence-corrected chi connectivity index (χ0v) is 9.85. The highest BCUT2D eigenvalue weighted by molar-refractivity contribution is 5.85. The van der Waals surface area contributed by atoms with Gasteiger partial charge in [-0.2, -0.15) is 0 Å². The highest BCUT2D eigenvalue weighted by Crippen LogP contribution is 2.14. The molecule has 1 heterocycles. The first-order chi connectivity index (χ1) is 7.66. The van der Waals surface area contributed by atoms with Crippen LogP contribution in [0.4, 0.5) is 0 Å². The van der Waals surface area contributed by atoms with Crippen LogP contribution in [-0.4, -0.2) is 22.1 Å². The summed E-state index contributed by atoms with van der Waals surface area (Å²) in [7, 11) is 0. The minimum Gasteiger partial charge on any atom is -0.480 e. The summed E-state index contributed by atoms with van der Waals surface area (Å²) in [6, 6.07) is 8.60. The largest absolute Gasteiger partial charge is 0.480 e. The number of aliphatic carboxylic acids is 1. The van der Waals surface area contributed by atoms with Crippen molar-refractivity contribution in [2.75, 3.05) is 0 Å². The van der Waals surface area contributed by atoms with Gasteiger partial charge in [-0.1, -0.05) is 12.1 Å². The zero-order valence-electron chi connectivity index (χ0n) is 9.04. The molecule has 1 aromatic heterocycles. The Kier molecular flexibility index (Phi) is 4.43. The number of halogens is 1. The van der Waals surface area contributed by atoms with Crippen molar-refractivity contribution in [2.45, 2.75) is 12.5 Å². The summed E-state index contributed by atoms with van der Waals surface area (Å²) in [5, 5.41) is 9.72. The number of aromatic nitrogens is 1. The molecule has 0 fully saturated rings. The lowest BCUT2D eigenvalue weighted by molar-refractivity contribution is -0.138. The van der Waals surface area contributed by atoms with Crippen molar-refractivity contribution in [1.82, 2.24) is 4.98 Å². The average molecular weight is 253 g/mol. The summed E-state index contributed by atoms with van der Waals surface area (Å²) in [5.74, 6) is -0.980. The van der Waals surface area contributed by atoms with E-state index in [4.69, 9.17) is 10.8 Å². The van der Waals surface area contributed by atoms with Crippen LogP contribution in [0.15, 0.2) is 36.5 Å². The van der Waals surface area contributed by atoms with Gasteiger partial charge >= 0.3 is 5.97 Å². The smallest absolute Gasteiger partial charge is 0.320 e. The van der Waals surface area contributed by atoms with Gasteiger partial charge in [0.1, 0.15) is 6.04 Å². The molecule has 0 unspecified atom stereocenters. The SMILES string of the molecule is Cl.N[C@H](Cc1ccc2ncccc2c1)C(=O)O. The molecule has 0 aliphatic heterocycles. The summed E-state index contributed by atoms with van der Waals surface area (Å²) in [4.78, 5) is 14.8. The average Bonchev–Trinajstić information content (AvgIpc) is 2.28. The van der Waals surface area contributed by atoms with E-state index >= 15 is 0 Å². The third-order valence-corrected chi connectivity index (χ3v) is 2.44. The number of carbonyl (C=O) groups is 1. The topological polar surface area (TPSA) is 76.2 Å². The van der Waals surface area contributed by atoms with Gasteiger partial charge in [-0.15, -0.1) is 12.4 Å². The van der Waals surface area contributed by atoms with E-state index < -0.39 is 12.0 Å². The molecule has 17 heavy (non-hydrogen) atoms. The van der Waals surface area contributed by atoms with Gasteiger partial charge < -0.3 is 10.8 Å². The van der Waals surface area contributed by atoms with E-state index in [2.05, 4.69) is 4.98 Å². The van der Waals surface area contributed by atoms with Gasteiger partial charge in [-0.05, 0) is 30.2 Å². The summed E-state index contributed by atoms with van der Waals surface area (Å²) < 4.78 is 0. The Morgan fingerprint density at radius 3 is 2.88 bits per heavy atom. The highest BCUT2D eigenvalue weighted by Gasteiger charge is 2.12. The van der Waals surface area contributed by atoms with Crippen LogP contribution in [0.1, 0.15) is 5.56 Å². The van der Waals surface area contributed by atoms with Crippen LogP contribution in [0.3, 0.4) is 0 Å². The highest BCUT2D eigenvalue weighted by atomic mass is 35.5. The maximum Gasteiger partial charge on any atom is 0.320 e. The molecule has 4 nitrogen and oxygen atoms in total. The molecular formula is C12H13ClN2O2. The fourth-order valence-corrected chi connectivity index (χ4v) is 1.59. The molecule has 0 bridgehead atoms. The van der Waals surface area contributed by atoms with E-state index in [0.29, 0.717) is 6.42 Å². The Bertz CT molecular complexity index is 531. The van der Waals surface area contributed by atoms with Crippen molar-refractivity contribution in [3.8, 4) is 0 Å². The number of carboxylic acid groups (broad SMARTS) is 1. The third kappa shape index (κ3) is 3.15. The Morgan fingerprint density at radius 1 is 1.41 bits per heavy atom. The predicted molar refractivity (Wildman–Crippen MR) is 68.3 cm³/mol. The van der Waals surface area contributed by atoms with Crippen LogP contribution in [0.2, 0.25) is 0 Å². The van der Waals surface area contributed by atoms with E-state index in [1.165, 1.54) is 0 Å². The summed E-state index contributed by atoms with van der Waals surface area (Å²) >= 11 is 0. The number of hydrogen-bond donors (Lipinski definition) is 2. The molecular weight excluding hydrogens is 240 g/mol. The number of carboxylic acids is 1. The van der Waals surface area contributed by atoms with Crippen LogP contribution in [0.25, 0.3) is 10.9 Å². The molecule has 2 rings (SSSR count). The Hall–Kier alpha value is -1.65. The van der Waals surface area contributed by atoms with E-state index in [1.54, 1.807) is 6.20 Å². The maximum absolute atomic E-state index is 10.6. The van der Waals surface area contributed by atoms with Crippen LogP contribution in [-0.2, 0) is 11.2 Å². The second-order valence-electron chi connectivity index (χ2n) is 3.68. The molecule has 0 aliphatic carbocycles. The van der Waals surface area contributed by atoms with Crippen LogP contribution in [0.5, 0.6) is 0 Å². The molecule has 0 aliphatic rings. The van der Waals surface area contributed by atoms with Crippen molar-refractivity contribution in [1.29, 1.82) is 0 Å². The summed E-state index contributed by atoms with van der Waals surface area (Å²) in [6.45, 7) is 0. The van der Waals surface area contributed by atoms with Crippen molar-refractivity contribution >= 4 is 29.3 Å². The first-order valence-corrected chi connectivity index (χ1v) is 4.99. The van der Waals surface area contributed by atoms with E-state index in [-0.39, 0.29) is 12.4 Å². The standard InChI is InChI=1S/C12H12N2O2.ClH/c13-10(12(15)16)7-8-3-4-11-9(6-8)2-1-5-14-11;/h1-6,10H,7,13H2,(H,15,16);1H/t10-;/m1./s1. The van der Waals surface area contributed by atoms with Gasteiger partial charge in [0.25, 0.3) is 0 Å². The number of rotatable bonds is 3. The number of pyridine rings is 1. The quantitative estimate of drug-likeness (QED) is 0.870. The monoisotopic (exact) mass is 252 g/mol. The number of hydrogen-bond acceptors (Lipinski definition) is 3. The van der Waals surface area contributed by atoms with Crippen molar-refractivity contribution in [3.63, 3.8) is 0 Å². The minimum atomic E-state index is -0.980. The lowest BCUT2D eigenvalue weighted by Crippen LogP contribution is -2.32. The van der Waals surface area contributed by atoms with Crippen LogP contribution < -0.4 is 5.73 Å². The maximum atomic E-state index is 10.6. The summed E-state index contributed by atoms with van der Waals surface area (Å²) in [5.41, 5.74) is 7.29. The Morgan fingerprint density at radius 2 is 2.18 bits per heavy atom. The molecule has 1 atom stereocenters. The molecule has 90 valence electrons. The second kappa shape index (κ2) is 5.61. The summed E-state index contributed by atoms with van der Waals surface area (Å²) in [6.07, 6.45) is 2.06. The zero-order chi connectivity index (χ0) is 11.5. The lowest BCUT2D eigenvalue weighted by Gasteiger charge is -2.07. The molecule has 1 aromatic carbocycles. The van der Waals surface area contributed by atoms with Gasteiger partial charge in [0.15, 0.2) is 0 Å². The number of nitrogens with zero attached hydrogens (tertiary/aromatic N) is 1. The molecule has 2 aromatic rings. The molecule has 0 spiro atoms. The third-order valence-electron chi connectivity index (χ3n) is 2.44. The lowest BCUT2D eigenvalue weighted by atomic mass is 10.0. The van der Waals surface area contributed by atoms with Gasteiger partial charge in [0.05, 0.1) is 5.52 Å². The predicted octanol–water partition coefficient (Wildman–Crippen LogP) is 1.61. The first kappa shape index (κ1) is 13.4.